The van der Waals surface area contributed by atoms with Gasteiger partial charge in [0.25, 0.3) is 0 Å². The molecule has 2 nitrogen and oxygen atoms in total. The topological polar surface area (TPSA) is 25.2 Å². The largest absolute Gasteiger partial charge is 0.456 e. The van der Waals surface area contributed by atoms with Crippen LogP contribution in [-0.4, -0.2) is 7.05 Å². The molecule has 80 valence electrons. The predicted molar refractivity (Wildman–Crippen MR) is 53.6 cm³/mol. The zero-order valence-corrected chi connectivity index (χ0v) is 8.47. The van der Waals surface area contributed by atoms with Crippen molar-refractivity contribution in [2.24, 2.45) is 0 Å². The fourth-order valence-electron chi connectivity index (χ4n) is 1.42. The van der Waals surface area contributed by atoms with Gasteiger partial charge in [0.15, 0.2) is 11.4 Å². The van der Waals surface area contributed by atoms with E-state index in [1.54, 1.807) is 13.1 Å². The van der Waals surface area contributed by atoms with Crippen molar-refractivity contribution in [1.82, 2.24) is 5.32 Å². The molecule has 0 saturated heterocycles. The minimum absolute atomic E-state index is 0.0212. The first-order valence-electron chi connectivity index (χ1n) is 4.68. The minimum atomic E-state index is -0.929. The average molecular weight is 211 g/mol. The van der Waals surface area contributed by atoms with E-state index in [2.05, 4.69) is 5.32 Å². The van der Waals surface area contributed by atoms with Crippen LogP contribution in [0.2, 0.25) is 0 Å². The van der Waals surface area contributed by atoms with Gasteiger partial charge in [-0.2, -0.15) is 4.39 Å². The van der Waals surface area contributed by atoms with Crippen molar-refractivity contribution in [3.05, 3.63) is 35.6 Å². The van der Waals surface area contributed by atoms with Crippen molar-refractivity contribution in [3.63, 3.8) is 0 Å². The van der Waals surface area contributed by atoms with Gasteiger partial charge >= 0.3 is 0 Å². The lowest BCUT2D eigenvalue weighted by Gasteiger charge is -2.04. The van der Waals surface area contributed by atoms with E-state index in [-0.39, 0.29) is 11.6 Å². The molecule has 0 amide bonds. The Labute approximate surface area is 85.9 Å². The Morgan fingerprint density at radius 3 is 2.73 bits per heavy atom. The Balaban J connectivity index is 2.61. The van der Waals surface area contributed by atoms with Gasteiger partial charge in [-0.3, -0.25) is 0 Å². The van der Waals surface area contributed by atoms with Crippen LogP contribution in [0, 0.1) is 11.6 Å². The van der Waals surface area contributed by atoms with Crippen LogP contribution in [0.25, 0.3) is 11.0 Å². The smallest absolute Gasteiger partial charge is 0.201 e. The van der Waals surface area contributed by atoms with E-state index in [1.807, 2.05) is 6.92 Å². The molecule has 0 fully saturated rings. The quantitative estimate of drug-likeness (QED) is 0.826. The number of halogens is 2. The molecule has 1 N–H and O–H groups in total. The fraction of sp³-hybridized carbons (Fsp3) is 0.273. The second-order valence-corrected chi connectivity index (χ2v) is 3.44. The number of benzene rings is 1. The monoisotopic (exact) mass is 211 g/mol. The van der Waals surface area contributed by atoms with E-state index < -0.39 is 11.6 Å². The Morgan fingerprint density at radius 2 is 2.07 bits per heavy atom. The Bertz CT molecular complexity index is 493. The fourth-order valence-corrected chi connectivity index (χ4v) is 1.42. The highest BCUT2D eigenvalue weighted by Crippen LogP contribution is 2.26. The molecule has 1 heterocycles. The van der Waals surface area contributed by atoms with Crippen LogP contribution in [0.4, 0.5) is 8.78 Å². The van der Waals surface area contributed by atoms with E-state index >= 15 is 0 Å². The van der Waals surface area contributed by atoms with Crippen molar-refractivity contribution in [2.75, 3.05) is 7.05 Å². The molecule has 4 heteroatoms. The summed E-state index contributed by atoms with van der Waals surface area (Å²) in [6, 6.07) is 4.28. The van der Waals surface area contributed by atoms with Gasteiger partial charge in [-0.25, -0.2) is 4.39 Å². The summed E-state index contributed by atoms with van der Waals surface area (Å²) in [4.78, 5) is 0. The molecular formula is C11H11F2NO. The summed E-state index contributed by atoms with van der Waals surface area (Å²) in [7, 11) is 1.77. The molecule has 0 aliphatic rings. The minimum Gasteiger partial charge on any atom is -0.456 e. The molecule has 1 aromatic carbocycles. The third kappa shape index (κ3) is 1.61. The van der Waals surface area contributed by atoms with E-state index in [0.717, 1.165) is 6.07 Å². The van der Waals surface area contributed by atoms with E-state index in [1.165, 1.54) is 6.07 Å². The standard InChI is InChI=1S/C11H11F2NO/c1-6(14-2)9-5-7-3-4-8(12)10(13)11(7)15-9/h3-6,14H,1-2H3. The molecule has 0 radical (unpaired) electrons. The number of hydrogen-bond acceptors (Lipinski definition) is 2. The molecule has 15 heavy (non-hydrogen) atoms. The molecular weight excluding hydrogens is 200 g/mol. The van der Waals surface area contributed by atoms with Gasteiger partial charge in [0, 0.05) is 5.39 Å². The van der Waals surface area contributed by atoms with Gasteiger partial charge in [-0.1, -0.05) is 0 Å². The normalized spacial score (nSPS) is 13.3. The van der Waals surface area contributed by atoms with Crippen LogP contribution >= 0.6 is 0 Å². The van der Waals surface area contributed by atoms with Crippen LogP contribution in [0.5, 0.6) is 0 Å². The second-order valence-electron chi connectivity index (χ2n) is 3.44. The predicted octanol–water partition coefficient (Wildman–Crippen LogP) is 2.99. The number of fused-ring (bicyclic) bond motifs is 1. The second kappa shape index (κ2) is 3.62. The van der Waals surface area contributed by atoms with Gasteiger partial charge < -0.3 is 9.73 Å². The van der Waals surface area contributed by atoms with Crippen molar-refractivity contribution in [1.29, 1.82) is 0 Å². The van der Waals surface area contributed by atoms with Crippen molar-refractivity contribution in [3.8, 4) is 0 Å². The number of rotatable bonds is 2. The summed E-state index contributed by atoms with van der Waals surface area (Å²) in [5, 5.41) is 3.54. The van der Waals surface area contributed by atoms with E-state index in [0.29, 0.717) is 11.1 Å². The molecule has 2 aromatic rings. The lowest BCUT2D eigenvalue weighted by atomic mass is 10.2. The van der Waals surface area contributed by atoms with Crippen LogP contribution in [0.1, 0.15) is 18.7 Å². The first-order chi connectivity index (χ1) is 7.13. The molecule has 2 rings (SSSR count). The van der Waals surface area contributed by atoms with E-state index in [4.69, 9.17) is 4.42 Å². The van der Waals surface area contributed by atoms with Gasteiger partial charge in [-0.05, 0) is 32.2 Å². The van der Waals surface area contributed by atoms with Gasteiger partial charge in [0.1, 0.15) is 5.76 Å². The maximum atomic E-state index is 13.3. The number of hydrogen-bond donors (Lipinski definition) is 1. The highest BCUT2D eigenvalue weighted by molar-refractivity contribution is 5.78. The Kier molecular flexibility index (Phi) is 2.44. The summed E-state index contributed by atoms with van der Waals surface area (Å²) in [6.45, 7) is 1.88. The van der Waals surface area contributed by atoms with Crippen LogP contribution in [-0.2, 0) is 0 Å². The van der Waals surface area contributed by atoms with Crippen LogP contribution < -0.4 is 5.32 Å². The summed E-state index contributed by atoms with van der Waals surface area (Å²) in [6.07, 6.45) is 0. The Morgan fingerprint density at radius 1 is 1.33 bits per heavy atom. The first kappa shape index (κ1) is 10.1. The average Bonchev–Trinajstić information content (AvgIpc) is 2.67. The molecule has 1 aromatic heterocycles. The third-order valence-corrected chi connectivity index (χ3v) is 2.46. The summed E-state index contributed by atoms with van der Waals surface area (Å²) >= 11 is 0. The van der Waals surface area contributed by atoms with Gasteiger partial charge in [-0.15, -0.1) is 0 Å². The summed E-state index contributed by atoms with van der Waals surface area (Å²) in [5.74, 6) is -1.22. The SMILES string of the molecule is CNC(C)c1cc2ccc(F)c(F)c2o1. The van der Waals surface area contributed by atoms with Crippen LogP contribution in [0.15, 0.2) is 22.6 Å². The third-order valence-electron chi connectivity index (χ3n) is 2.46. The van der Waals surface area contributed by atoms with Gasteiger partial charge in [0.05, 0.1) is 6.04 Å². The molecule has 0 spiro atoms. The summed E-state index contributed by atoms with van der Waals surface area (Å²) in [5.41, 5.74) is -0.0212. The zero-order chi connectivity index (χ0) is 11.0. The number of nitrogens with one attached hydrogen (secondary N) is 1. The molecule has 1 unspecified atom stereocenters. The zero-order valence-electron chi connectivity index (χ0n) is 8.47. The molecule has 0 bridgehead atoms. The molecule has 0 aliphatic carbocycles. The highest BCUT2D eigenvalue weighted by Gasteiger charge is 2.14. The maximum absolute atomic E-state index is 13.3. The molecule has 1 atom stereocenters. The van der Waals surface area contributed by atoms with Crippen molar-refractivity contribution in [2.45, 2.75) is 13.0 Å². The van der Waals surface area contributed by atoms with Gasteiger partial charge in [0.2, 0.25) is 5.82 Å². The lowest BCUT2D eigenvalue weighted by molar-refractivity contribution is 0.448. The lowest BCUT2D eigenvalue weighted by Crippen LogP contribution is -2.10. The molecule has 0 saturated carbocycles. The van der Waals surface area contributed by atoms with Crippen molar-refractivity contribution >= 4 is 11.0 Å². The maximum Gasteiger partial charge on any atom is 0.201 e. The van der Waals surface area contributed by atoms with E-state index in [9.17, 15) is 8.78 Å². The first-order valence-corrected chi connectivity index (χ1v) is 4.68. The van der Waals surface area contributed by atoms with Crippen molar-refractivity contribution < 1.29 is 13.2 Å². The highest BCUT2D eigenvalue weighted by atomic mass is 19.2. The molecule has 0 aliphatic heterocycles. The summed E-state index contributed by atoms with van der Waals surface area (Å²) < 4.78 is 31.4. The van der Waals surface area contributed by atoms with Crippen LogP contribution in [0.3, 0.4) is 0 Å². The Hall–Kier alpha value is -1.42. The number of furan rings is 1.